The van der Waals surface area contributed by atoms with Gasteiger partial charge in [0.1, 0.15) is 0 Å². The first kappa shape index (κ1) is 16.2. The average Bonchev–Trinajstić information content (AvgIpc) is 1.27. The Morgan fingerprint density at radius 3 is 1.44 bits per heavy atom. The standard InChI is InChI=1S/C2H6O.Fe.H2O4S/c1-2-3;;1-5(2,3)4/h3H,2H2,1H3;;(H2,1,2,3,4)/q;+2;/p-2. The van der Waals surface area contributed by atoms with Crippen molar-refractivity contribution in [2.24, 2.45) is 0 Å². The number of rotatable bonds is 0. The van der Waals surface area contributed by atoms with Crippen molar-refractivity contribution >= 4 is 10.4 Å². The maximum Gasteiger partial charge on any atom is 2.00 e. The number of aliphatic hydroxyl groups excluding tert-OH is 1. The molecule has 0 aromatic heterocycles. The predicted octanol–water partition coefficient (Wildman–Crippen LogP) is -1.34. The molecule has 1 N–H and O–H groups in total. The van der Waals surface area contributed by atoms with Gasteiger partial charge in [-0.1, -0.05) is 0 Å². The number of hydrogen-bond acceptors (Lipinski definition) is 5. The third-order valence-corrected chi connectivity index (χ3v) is 0. The molecule has 0 bridgehead atoms. The third-order valence-electron chi connectivity index (χ3n) is 0. The van der Waals surface area contributed by atoms with E-state index in [0.29, 0.717) is 0 Å². The molecule has 0 aromatic rings. The summed E-state index contributed by atoms with van der Waals surface area (Å²) in [5.41, 5.74) is 0. The van der Waals surface area contributed by atoms with Gasteiger partial charge in [-0.3, -0.25) is 8.42 Å². The van der Waals surface area contributed by atoms with E-state index in [1.165, 1.54) is 0 Å². The molecule has 0 amide bonds. The Labute approximate surface area is 64.1 Å². The molecule has 5 nitrogen and oxygen atoms in total. The fourth-order valence-corrected chi connectivity index (χ4v) is 0. The Kier molecular flexibility index (Phi) is 15.0. The van der Waals surface area contributed by atoms with Gasteiger partial charge in [0.05, 0.1) is 0 Å². The Morgan fingerprint density at radius 1 is 1.44 bits per heavy atom. The van der Waals surface area contributed by atoms with E-state index in [-0.39, 0.29) is 23.7 Å². The summed E-state index contributed by atoms with van der Waals surface area (Å²) >= 11 is 0. The van der Waals surface area contributed by atoms with Crippen LogP contribution < -0.4 is 0 Å². The largest absolute Gasteiger partial charge is 2.00 e. The maximum atomic E-state index is 8.52. The fraction of sp³-hybridized carbons (Fsp3) is 1.00. The van der Waals surface area contributed by atoms with E-state index >= 15 is 0 Å². The SMILES string of the molecule is CCO.O=S(=O)([O-])[O-].[Fe+2]. The summed E-state index contributed by atoms with van der Waals surface area (Å²) in [4.78, 5) is 0. The zero-order chi connectivity index (χ0) is 7.21. The van der Waals surface area contributed by atoms with Crippen LogP contribution in [-0.4, -0.2) is 29.2 Å². The molecule has 0 heterocycles. The van der Waals surface area contributed by atoms with Crippen LogP contribution in [0.1, 0.15) is 6.92 Å². The second-order valence-corrected chi connectivity index (χ2v) is 1.54. The van der Waals surface area contributed by atoms with Crippen LogP contribution in [0.2, 0.25) is 0 Å². The molecule has 58 valence electrons. The average molecular weight is 198 g/mol. The minimum absolute atomic E-state index is 0. The van der Waals surface area contributed by atoms with Gasteiger partial charge in [0.2, 0.25) is 0 Å². The summed E-state index contributed by atoms with van der Waals surface area (Å²) in [5.74, 6) is 0. The molecule has 0 rings (SSSR count). The Balaban J connectivity index is -0.0000000800. The van der Waals surface area contributed by atoms with Crippen molar-refractivity contribution < 1.29 is 39.7 Å². The van der Waals surface area contributed by atoms with Gasteiger partial charge in [0.15, 0.2) is 0 Å². The zero-order valence-electron chi connectivity index (χ0n) is 4.55. The quantitative estimate of drug-likeness (QED) is 0.295. The molecule has 0 fully saturated rings. The third kappa shape index (κ3) is 2760. The summed E-state index contributed by atoms with van der Waals surface area (Å²) in [6.45, 7) is 1.93. The van der Waals surface area contributed by atoms with Crippen LogP contribution >= 0.6 is 0 Å². The first-order chi connectivity index (χ1) is 3.41. The van der Waals surface area contributed by atoms with E-state index < -0.39 is 10.4 Å². The fourth-order valence-electron chi connectivity index (χ4n) is 0. The second kappa shape index (κ2) is 8.35. The Hall–Kier alpha value is 0.349. The summed E-state index contributed by atoms with van der Waals surface area (Å²) in [6.07, 6.45) is 0. The van der Waals surface area contributed by atoms with Gasteiger partial charge in [-0.2, -0.15) is 0 Å². The molecule has 0 spiro atoms. The van der Waals surface area contributed by atoms with Crippen molar-refractivity contribution in [3.05, 3.63) is 0 Å². The van der Waals surface area contributed by atoms with Gasteiger partial charge in [0, 0.05) is 17.0 Å². The summed E-state index contributed by atoms with van der Waals surface area (Å²) in [6, 6.07) is 0. The van der Waals surface area contributed by atoms with Crippen molar-refractivity contribution in [2.45, 2.75) is 6.92 Å². The smallest absolute Gasteiger partial charge is 0.759 e. The van der Waals surface area contributed by atoms with Crippen LogP contribution in [0.4, 0.5) is 0 Å². The summed E-state index contributed by atoms with van der Waals surface area (Å²) in [5, 5.41) is 7.57. The summed E-state index contributed by atoms with van der Waals surface area (Å²) < 4.78 is 34.1. The molecule has 0 saturated heterocycles. The molecular weight excluding hydrogens is 192 g/mol. The minimum atomic E-state index is -5.17. The maximum absolute atomic E-state index is 8.52. The van der Waals surface area contributed by atoms with Crippen LogP contribution in [0, 0.1) is 0 Å². The molecule has 0 unspecified atom stereocenters. The van der Waals surface area contributed by atoms with Crippen LogP contribution in [-0.2, 0) is 27.5 Å². The molecular formula is C2H6FeO5S. The second-order valence-electron chi connectivity index (χ2n) is 0.724. The van der Waals surface area contributed by atoms with E-state index in [0.717, 1.165) is 0 Å². The van der Waals surface area contributed by atoms with Crippen LogP contribution in [0.15, 0.2) is 0 Å². The van der Waals surface area contributed by atoms with Crippen molar-refractivity contribution in [2.75, 3.05) is 6.61 Å². The first-order valence-electron chi connectivity index (χ1n) is 1.69. The first-order valence-corrected chi connectivity index (χ1v) is 3.02. The molecule has 0 atom stereocenters. The van der Waals surface area contributed by atoms with Crippen molar-refractivity contribution in [1.29, 1.82) is 0 Å². The molecule has 0 aliphatic carbocycles. The van der Waals surface area contributed by atoms with Crippen LogP contribution in [0.3, 0.4) is 0 Å². The van der Waals surface area contributed by atoms with E-state index in [4.69, 9.17) is 22.6 Å². The molecule has 9 heavy (non-hydrogen) atoms. The van der Waals surface area contributed by atoms with Crippen molar-refractivity contribution in [3.63, 3.8) is 0 Å². The van der Waals surface area contributed by atoms with Crippen LogP contribution in [0.5, 0.6) is 0 Å². The number of hydrogen-bond donors (Lipinski definition) is 1. The molecule has 7 heteroatoms. The monoisotopic (exact) mass is 198 g/mol. The van der Waals surface area contributed by atoms with Gasteiger partial charge < -0.3 is 14.2 Å². The van der Waals surface area contributed by atoms with Gasteiger partial charge >= 0.3 is 17.1 Å². The Bertz CT molecular complexity index is 109. The Morgan fingerprint density at radius 2 is 1.44 bits per heavy atom. The molecule has 0 saturated carbocycles. The van der Waals surface area contributed by atoms with Gasteiger partial charge in [-0.25, -0.2) is 0 Å². The predicted molar refractivity (Wildman–Crippen MR) is 23.2 cm³/mol. The molecule has 0 aromatic carbocycles. The molecule has 0 aliphatic rings. The van der Waals surface area contributed by atoms with E-state index in [9.17, 15) is 0 Å². The molecule has 0 radical (unpaired) electrons. The van der Waals surface area contributed by atoms with E-state index in [2.05, 4.69) is 0 Å². The summed E-state index contributed by atoms with van der Waals surface area (Å²) in [7, 11) is -5.17. The topological polar surface area (TPSA) is 100 Å². The van der Waals surface area contributed by atoms with Crippen molar-refractivity contribution in [1.82, 2.24) is 0 Å². The normalized spacial score (nSPS) is 8.44. The van der Waals surface area contributed by atoms with Crippen molar-refractivity contribution in [3.8, 4) is 0 Å². The van der Waals surface area contributed by atoms with E-state index in [1.54, 1.807) is 6.92 Å². The van der Waals surface area contributed by atoms with Gasteiger partial charge in [-0.05, 0) is 6.92 Å². The van der Waals surface area contributed by atoms with E-state index in [1.807, 2.05) is 0 Å². The van der Waals surface area contributed by atoms with Crippen LogP contribution in [0.25, 0.3) is 0 Å². The number of aliphatic hydroxyl groups is 1. The van der Waals surface area contributed by atoms with Gasteiger partial charge in [-0.15, -0.1) is 0 Å². The molecule has 0 aliphatic heterocycles. The minimum Gasteiger partial charge on any atom is -0.759 e. The van der Waals surface area contributed by atoms with Gasteiger partial charge in [0.25, 0.3) is 0 Å². The zero-order valence-corrected chi connectivity index (χ0v) is 6.47.